The van der Waals surface area contributed by atoms with Gasteiger partial charge >= 0.3 is 0 Å². The number of nitrogens with one attached hydrogen (secondary N) is 1. The number of benzene rings is 8. The molecule has 0 amide bonds. The van der Waals surface area contributed by atoms with E-state index in [0.717, 1.165) is 0 Å². The normalized spacial score (nSPS) is 13.5. The SMILES string of the molecule is Brc1ccc2ccc3cccc4ccc1c2c34.C1=CCC/C=C\CC1.CN(C)c1ccc2ccc3cccc4ccc1c2c34.CNC. The molecule has 0 aromatic heterocycles. The molecule has 0 saturated heterocycles. The number of nitrogens with zero attached hydrogens (tertiary/aromatic N) is 1. The fourth-order valence-electron chi connectivity index (χ4n) is 6.67. The lowest BCUT2D eigenvalue weighted by Gasteiger charge is -2.18. The topological polar surface area (TPSA) is 15.3 Å². The van der Waals surface area contributed by atoms with Crippen molar-refractivity contribution in [3.05, 3.63) is 138 Å². The van der Waals surface area contributed by atoms with Crippen molar-refractivity contribution in [1.82, 2.24) is 5.32 Å². The van der Waals surface area contributed by atoms with E-state index in [9.17, 15) is 0 Å². The van der Waals surface area contributed by atoms with Crippen molar-refractivity contribution < 1.29 is 0 Å². The molecule has 0 unspecified atom stereocenters. The molecule has 8 aromatic rings. The Hall–Kier alpha value is -4.44. The van der Waals surface area contributed by atoms with Gasteiger partial charge in [-0.15, -0.1) is 0 Å². The first kappa shape index (κ1) is 32.5. The Balaban J connectivity index is 0.000000127. The monoisotopic (exact) mass is 678 g/mol. The molecule has 0 bridgehead atoms. The van der Waals surface area contributed by atoms with Crippen molar-refractivity contribution in [1.29, 1.82) is 0 Å². The van der Waals surface area contributed by atoms with Crippen molar-refractivity contribution >= 4 is 86.3 Å². The van der Waals surface area contributed by atoms with E-state index < -0.39 is 0 Å². The lowest BCUT2D eigenvalue weighted by atomic mass is 9.93. The van der Waals surface area contributed by atoms with Crippen LogP contribution in [0, 0.1) is 0 Å². The zero-order valence-corrected chi connectivity index (χ0v) is 29.4. The first-order valence-electron chi connectivity index (χ1n) is 16.6. The molecule has 0 atom stereocenters. The fraction of sp³-hybridized carbons (Fsp3) is 0.182. The highest BCUT2D eigenvalue weighted by Crippen LogP contribution is 2.39. The molecule has 0 saturated carbocycles. The predicted molar refractivity (Wildman–Crippen MR) is 214 cm³/mol. The van der Waals surface area contributed by atoms with E-state index in [1.54, 1.807) is 0 Å². The largest absolute Gasteiger partial charge is 0.377 e. The van der Waals surface area contributed by atoms with Crippen LogP contribution in [0.25, 0.3) is 64.6 Å². The van der Waals surface area contributed by atoms with Gasteiger partial charge in [0.2, 0.25) is 0 Å². The van der Waals surface area contributed by atoms with Crippen LogP contribution in [0.1, 0.15) is 25.7 Å². The second-order valence-corrected chi connectivity index (χ2v) is 13.2. The van der Waals surface area contributed by atoms with Crippen LogP contribution in [0.2, 0.25) is 0 Å². The lowest BCUT2D eigenvalue weighted by Crippen LogP contribution is -2.09. The number of halogens is 1. The minimum absolute atomic E-state index is 1.17. The minimum Gasteiger partial charge on any atom is -0.377 e. The van der Waals surface area contributed by atoms with E-state index in [2.05, 4.69) is 174 Å². The predicted octanol–water partition coefficient (Wildman–Crippen LogP) is 12.5. The molecule has 1 aliphatic rings. The molecule has 3 heteroatoms. The number of hydrogen-bond donors (Lipinski definition) is 1. The summed E-state index contributed by atoms with van der Waals surface area (Å²) in [4.78, 5) is 2.19. The molecule has 8 aromatic carbocycles. The first-order chi connectivity index (χ1) is 23.0. The maximum absolute atomic E-state index is 3.64. The summed E-state index contributed by atoms with van der Waals surface area (Å²) >= 11 is 3.64. The second-order valence-electron chi connectivity index (χ2n) is 12.3. The summed E-state index contributed by atoms with van der Waals surface area (Å²) in [7, 11) is 7.96. The van der Waals surface area contributed by atoms with Crippen LogP contribution < -0.4 is 10.2 Å². The van der Waals surface area contributed by atoms with Crippen LogP contribution in [0.15, 0.2) is 138 Å². The summed E-state index contributed by atoms with van der Waals surface area (Å²) in [6, 6.07) is 39.5. The number of hydrogen-bond acceptors (Lipinski definition) is 2. The Morgan fingerprint density at radius 2 is 0.787 bits per heavy atom. The average molecular weight is 680 g/mol. The standard InChI is InChI=1S/C18H15N.C16H9Br.C8H12.C2H7N/c1-19(2)16-11-9-14-7-6-12-4-3-5-13-8-10-15(16)18(14)17(12)13;17-14-9-7-12-5-4-10-2-1-3-11-6-8-13(14)16(12)15(10)11;1-2-4-6-8-7-5-3-1;1-3-2/h3-11H,1-2H3;1-9H;1-2,7-8H,3-6H2;3H,1-2H3/b;;2-1-,8-7?;. The van der Waals surface area contributed by atoms with E-state index >= 15 is 0 Å². The van der Waals surface area contributed by atoms with Crippen molar-refractivity contribution in [2.24, 2.45) is 0 Å². The molecular formula is C44H43BrN2. The van der Waals surface area contributed by atoms with Crippen LogP contribution in [-0.2, 0) is 0 Å². The summed E-state index contributed by atoms with van der Waals surface area (Å²) in [5.74, 6) is 0. The molecule has 47 heavy (non-hydrogen) atoms. The third-order valence-corrected chi connectivity index (χ3v) is 9.49. The van der Waals surface area contributed by atoms with Gasteiger partial charge in [0.1, 0.15) is 0 Å². The number of allylic oxidation sites excluding steroid dienone is 4. The Labute approximate surface area is 287 Å². The van der Waals surface area contributed by atoms with Crippen LogP contribution >= 0.6 is 15.9 Å². The van der Waals surface area contributed by atoms with Gasteiger partial charge in [-0.05, 0) is 111 Å². The van der Waals surface area contributed by atoms with Gasteiger partial charge in [0.25, 0.3) is 0 Å². The minimum atomic E-state index is 1.17. The van der Waals surface area contributed by atoms with E-state index in [4.69, 9.17) is 0 Å². The van der Waals surface area contributed by atoms with Gasteiger partial charge in [0.15, 0.2) is 0 Å². The number of anilines is 1. The van der Waals surface area contributed by atoms with E-state index in [-0.39, 0.29) is 0 Å². The summed E-state index contributed by atoms with van der Waals surface area (Å²) < 4.78 is 1.17. The Morgan fingerprint density at radius 1 is 0.447 bits per heavy atom. The third kappa shape index (κ3) is 6.83. The summed E-state index contributed by atoms with van der Waals surface area (Å²) in [5.41, 5.74) is 1.28. The first-order valence-corrected chi connectivity index (χ1v) is 17.4. The highest BCUT2D eigenvalue weighted by molar-refractivity contribution is 9.10. The van der Waals surface area contributed by atoms with Crippen molar-refractivity contribution in [2.45, 2.75) is 25.7 Å². The molecule has 236 valence electrons. The molecule has 1 aliphatic carbocycles. The van der Waals surface area contributed by atoms with Crippen LogP contribution in [0.3, 0.4) is 0 Å². The summed E-state index contributed by atoms with van der Waals surface area (Å²) in [5, 5.41) is 18.8. The van der Waals surface area contributed by atoms with Crippen LogP contribution in [-0.4, -0.2) is 28.2 Å². The van der Waals surface area contributed by atoms with E-state index in [1.165, 1.54) is 100 Å². The van der Waals surface area contributed by atoms with Crippen molar-refractivity contribution in [3.63, 3.8) is 0 Å². The molecule has 0 aliphatic heterocycles. The second kappa shape index (κ2) is 15.0. The molecule has 0 fully saturated rings. The van der Waals surface area contributed by atoms with Gasteiger partial charge in [0.05, 0.1) is 0 Å². The molecule has 1 N–H and O–H groups in total. The zero-order chi connectivity index (χ0) is 32.8. The van der Waals surface area contributed by atoms with Crippen LogP contribution in [0.5, 0.6) is 0 Å². The third-order valence-electron chi connectivity index (χ3n) is 8.80. The quantitative estimate of drug-likeness (QED) is 0.137. The van der Waals surface area contributed by atoms with Crippen LogP contribution in [0.4, 0.5) is 5.69 Å². The fourth-order valence-corrected chi connectivity index (χ4v) is 7.13. The van der Waals surface area contributed by atoms with Gasteiger partial charge in [-0.1, -0.05) is 137 Å². The molecular weight excluding hydrogens is 636 g/mol. The maximum atomic E-state index is 3.64. The van der Waals surface area contributed by atoms with E-state index in [1.807, 2.05) is 14.1 Å². The average Bonchev–Trinajstić information content (AvgIpc) is 3.07. The van der Waals surface area contributed by atoms with Crippen molar-refractivity contribution in [3.8, 4) is 0 Å². The maximum Gasteiger partial charge on any atom is 0.0441 e. The Bertz CT molecular complexity index is 2240. The smallest absolute Gasteiger partial charge is 0.0441 e. The van der Waals surface area contributed by atoms with Gasteiger partial charge in [-0.2, -0.15) is 0 Å². The molecule has 0 spiro atoms. The lowest BCUT2D eigenvalue weighted by molar-refractivity contribution is 0.962. The van der Waals surface area contributed by atoms with Gasteiger partial charge in [0, 0.05) is 29.6 Å². The van der Waals surface area contributed by atoms with Gasteiger partial charge < -0.3 is 10.2 Å². The number of rotatable bonds is 1. The van der Waals surface area contributed by atoms with Crippen molar-refractivity contribution in [2.75, 3.05) is 33.1 Å². The molecule has 0 heterocycles. The molecule has 9 rings (SSSR count). The van der Waals surface area contributed by atoms with Gasteiger partial charge in [-0.25, -0.2) is 0 Å². The molecule has 2 nitrogen and oxygen atoms in total. The van der Waals surface area contributed by atoms with E-state index in [0.29, 0.717) is 0 Å². The summed E-state index contributed by atoms with van der Waals surface area (Å²) in [6.07, 6.45) is 14.0. The highest BCUT2D eigenvalue weighted by Gasteiger charge is 2.11. The van der Waals surface area contributed by atoms with Gasteiger partial charge in [-0.3, -0.25) is 0 Å². The zero-order valence-electron chi connectivity index (χ0n) is 27.9. The molecule has 0 radical (unpaired) electrons. The summed E-state index contributed by atoms with van der Waals surface area (Å²) in [6.45, 7) is 0. The highest BCUT2D eigenvalue weighted by atomic mass is 79.9. The Kier molecular flexibility index (Phi) is 10.4. The Morgan fingerprint density at radius 3 is 1.23 bits per heavy atom.